The highest BCUT2D eigenvalue weighted by Crippen LogP contribution is 2.21. The van der Waals surface area contributed by atoms with E-state index >= 15 is 0 Å². The molecule has 0 atom stereocenters. The number of halogens is 1. The van der Waals surface area contributed by atoms with Crippen molar-refractivity contribution in [1.82, 2.24) is 9.97 Å². The summed E-state index contributed by atoms with van der Waals surface area (Å²) in [6.07, 6.45) is 0. The maximum Gasteiger partial charge on any atom is 0.222 e. The molecule has 0 aliphatic rings. The van der Waals surface area contributed by atoms with Gasteiger partial charge in [0, 0.05) is 11.6 Å². The molecule has 0 bridgehead atoms. The van der Waals surface area contributed by atoms with Gasteiger partial charge in [0.15, 0.2) is 0 Å². The summed E-state index contributed by atoms with van der Waals surface area (Å²) in [4.78, 5) is 7.76. The zero-order chi connectivity index (χ0) is 11.7. The van der Waals surface area contributed by atoms with Gasteiger partial charge in [-0.1, -0.05) is 0 Å². The van der Waals surface area contributed by atoms with Crippen LogP contribution >= 0.6 is 0 Å². The number of anilines is 2. The van der Waals surface area contributed by atoms with Crippen molar-refractivity contribution in [3.63, 3.8) is 0 Å². The van der Waals surface area contributed by atoms with Crippen LogP contribution in [0.25, 0.3) is 11.3 Å². The quantitative estimate of drug-likeness (QED) is 0.764. The number of nitrogens with two attached hydrogens (primary N) is 2. The summed E-state index contributed by atoms with van der Waals surface area (Å²) < 4.78 is 13.2. The molecule has 0 radical (unpaired) electrons. The summed E-state index contributed by atoms with van der Waals surface area (Å²) in [7, 11) is 0. The number of nitrogen functional groups attached to an aromatic ring is 2. The lowest BCUT2D eigenvalue weighted by molar-refractivity contribution is 0.627. The minimum atomic E-state index is -0.314. The highest BCUT2D eigenvalue weighted by molar-refractivity contribution is 5.64. The summed E-state index contributed by atoms with van der Waals surface area (Å²) in [6.45, 7) is 1.81. The first kappa shape index (κ1) is 10.4. The molecule has 1 aromatic carbocycles. The van der Waals surface area contributed by atoms with Crippen molar-refractivity contribution in [1.29, 1.82) is 0 Å². The molecular weight excluding hydrogens is 207 g/mol. The second-order valence-corrected chi connectivity index (χ2v) is 3.55. The van der Waals surface area contributed by atoms with E-state index in [9.17, 15) is 4.39 Å². The van der Waals surface area contributed by atoms with Gasteiger partial charge < -0.3 is 11.5 Å². The highest BCUT2D eigenvalue weighted by atomic mass is 19.1. The van der Waals surface area contributed by atoms with Crippen molar-refractivity contribution in [2.75, 3.05) is 11.5 Å². The fourth-order valence-electron chi connectivity index (χ4n) is 1.52. The van der Waals surface area contributed by atoms with E-state index in [1.54, 1.807) is 13.0 Å². The van der Waals surface area contributed by atoms with Crippen LogP contribution in [0.1, 0.15) is 5.56 Å². The first-order valence-corrected chi connectivity index (χ1v) is 4.72. The number of hydrogen-bond donors (Lipinski definition) is 2. The first-order chi connectivity index (χ1) is 7.54. The van der Waals surface area contributed by atoms with Crippen LogP contribution in [0.2, 0.25) is 0 Å². The van der Waals surface area contributed by atoms with Gasteiger partial charge in [-0.15, -0.1) is 0 Å². The second kappa shape index (κ2) is 3.77. The normalized spacial score (nSPS) is 10.4. The summed E-state index contributed by atoms with van der Waals surface area (Å²) in [5, 5.41) is 0. The zero-order valence-corrected chi connectivity index (χ0v) is 8.74. The van der Waals surface area contributed by atoms with Crippen LogP contribution in [0.15, 0.2) is 24.3 Å². The molecule has 4 N–H and O–H groups in total. The van der Waals surface area contributed by atoms with E-state index < -0.39 is 0 Å². The van der Waals surface area contributed by atoms with Crippen molar-refractivity contribution in [3.8, 4) is 11.3 Å². The number of aryl methyl sites for hydroxylation is 1. The SMILES string of the molecule is Cc1cc(F)cc(-c2cc(N)nc(N)n2)c1. The Morgan fingerprint density at radius 1 is 1.06 bits per heavy atom. The molecule has 2 rings (SSSR count). The van der Waals surface area contributed by atoms with Gasteiger partial charge in [0.2, 0.25) is 5.95 Å². The van der Waals surface area contributed by atoms with Crippen LogP contribution in [-0.4, -0.2) is 9.97 Å². The molecule has 0 saturated carbocycles. The fourth-order valence-corrected chi connectivity index (χ4v) is 1.52. The fraction of sp³-hybridized carbons (Fsp3) is 0.0909. The second-order valence-electron chi connectivity index (χ2n) is 3.55. The third-order valence-electron chi connectivity index (χ3n) is 2.10. The summed E-state index contributed by atoms with van der Waals surface area (Å²) >= 11 is 0. The monoisotopic (exact) mass is 218 g/mol. The van der Waals surface area contributed by atoms with Crippen molar-refractivity contribution in [3.05, 3.63) is 35.6 Å². The molecular formula is C11H11FN4. The van der Waals surface area contributed by atoms with E-state index in [-0.39, 0.29) is 17.6 Å². The van der Waals surface area contributed by atoms with E-state index in [2.05, 4.69) is 9.97 Å². The molecule has 0 fully saturated rings. The Balaban J connectivity index is 2.57. The number of hydrogen-bond acceptors (Lipinski definition) is 4. The summed E-state index contributed by atoms with van der Waals surface area (Å²) in [5.41, 5.74) is 13.0. The van der Waals surface area contributed by atoms with Gasteiger partial charge in [0.05, 0.1) is 5.69 Å². The van der Waals surface area contributed by atoms with E-state index in [1.807, 2.05) is 6.07 Å². The van der Waals surface area contributed by atoms with Crippen LogP contribution in [-0.2, 0) is 0 Å². The molecule has 82 valence electrons. The van der Waals surface area contributed by atoms with E-state index in [4.69, 9.17) is 11.5 Å². The molecule has 1 heterocycles. The van der Waals surface area contributed by atoms with Crippen LogP contribution < -0.4 is 11.5 Å². The van der Waals surface area contributed by atoms with Gasteiger partial charge in [-0.05, 0) is 30.7 Å². The molecule has 0 unspecified atom stereocenters. The molecule has 16 heavy (non-hydrogen) atoms. The predicted octanol–water partition coefficient (Wildman–Crippen LogP) is 1.76. The Morgan fingerprint density at radius 3 is 2.44 bits per heavy atom. The molecule has 0 amide bonds. The van der Waals surface area contributed by atoms with Crippen LogP contribution in [0, 0.1) is 12.7 Å². The molecule has 0 aliphatic heterocycles. The van der Waals surface area contributed by atoms with E-state index in [0.29, 0.717) is 11.3 Å². The van der Waals surface area contributed by atoms with Gasteiger partial charge in [-0.3, -0.25) is 0 Å². The summed E-state index contributed by atoms with van der Waals surface area (Å²) in [6, 6.07) is 6.19. The third kappa shape index (κ3) is 2.08. The van der Waals surface area contributed by atoms with Gasteiger partial charge in [0.1, 0.15) is 11.6 Å². The number of rotatable bonds is 1. The average Bonchev–Trinajstić information content (AvgIpc) is 2.14. The van der Waals surface area contributed by atoms with Gasteiger partial charge in [-0.25, -0.2) is 9.37 Å². The molecule has 1 aromatic heterocycles. The lowest BCUT2D eigenvalue weighted by atomic mass is 10.1. The Morgan fingerprint density at radius 2 is 1.81 bits per heavy atom. The summed E-state index contributed by atoms with van der Waals surface area (Å²) in [5.74, 6) is 0.0343. The van der Waals surface area contributed by atoms with Crippen LogP contribution in [0.4, 0.5) is 16.2 Å². The van der Waals surface area contributed by atoms with Crippen molar-refractivity contribution in [2.45, 2.75) is 6.92 Å². The Labute approximate surface area is 92.1 Å². The first-order valence-electron chi connectivity index (χ1n) is 4.72. The van der Waals surface area contributed by atoms with Crippen molar-refractivity contribution in [2.24, 2.45) is 0 Å². The lowest BCUT2D eigenvalue weighted by Gasteiger charge is -2.04. The number of aromatic nitrogens is 2. The highest BCUT2D eigenvalue weighted by Gasteiger charge is 2.05. The number of nitrogens with zero attached hydrogens (tertiary/aromatic N) is 2. The lowest BCUT2D eigenvalue weighted by Crippen LogP contribution is -2.00. The number of benzene rings is 1. The van der Waals surface area contributed by atoms with Gasteiger partial charge >= 0.3 is 0 Å². The molecule has 5 heteroatoms. The Kier molecular flexibility index (Phi) is 2.44. The maximum atomic E-state index is 13.2. The zero-order valence-electron chi connectivity index (χ0n) is 8.74. The Bertz CT molecular complexity index is 450. The molecule has 0 spiro atoms. The largest absolute Gasteiger partial charge is 0.384 e. The molecule has 4 nitrogen and oxygen atoms in total. The maximum absolute atomic E-state index is 13.2. The minimum absolute atomic E-state index is 0.0805. The van der Waals surface area contributed by atoms with Gasteiger partial charge in [-0.2, -0.15) is 4.98 Å². The van der Waals surface area contributed by atoms with Crippen LogP contribution in [0.3, 0.4) is 0 Å². The smallest absolute Gasteiger partial charge is 0.222 e. The van der Waals surface area contributed by atoms with Crippen molar-refractivity contribution >= 4 is 11.8 Å². The predicted molar refractivity (Wildman–Crippen MR) is 61.0 cm³/mol. The Hall–Kier alpha value is -2.17. The van der Waals surface area contributed by atoms with Crippen LogP contribution in [0.5, 0.6) is 0 Å². The molecule has 2 aromatic rings. The van der Waals surface area contributed by atoms with Gasteiger partial charge in [0.25, 0.3) is 0 Å². The topological polar surface area (TPSA) is 77.8 Å². The third-order valence-corrected chi connectivity index (χ3v) is 2.10. The standard InChI is InChI=1S/C11H11FN4/c1-6-2-7(4-8(12)3-6)9-5-10(13)16-11(14)15-9/h2-5H,1H3,(H4,13,14,15,16). The molecule has 0 saturated heterocycles. The molecule has 0 aliphatic carbocycles. The minimum Gasteiger partial charge on any atom is -0.384 e. The van der Waals surface area contributed by atoms with E-state index in [0.717, 1.165) is 5.56 Å². The van der Waals surface area contributed by atoms with E-state index in [1.165, 1.54) is 12.1 Å². The average molecular weight is 218 g/mol. The van der Waals surface area contributed by atoms with Crippen molar-refractivity contribution < 1.29 is 4.39 Å².